The molecule has 0 saturated heterocycles. The van der Waals surface area contributed by atoms with Crippen LogP contribution in [0, 0.1) is 0 Å². The number of carbonyl (C=O) groups excluding carboxylic acids is 2. The number of nitrogens with one attached hydrogen (secondary N) is 1. The molecule has 1 N–H and O–H groups in total. The maximum atomic E-state index is 14.1. The van der Waals surface area contributed by atoms with E-state index in [0.29, 0.717) is 34.9 Å². The molecular formula is C29H33N5O4. The highest BCUT2D eigenvalue weighted by atomic mass is 16.5. The van der Waals surface area contributed by atoms with Gasteiger partial charge in [-0.1, -0.05) is 29.5 Å². The van der Waals surface area contributed by atoms with E-state index in [1.807, 2.05) is 58.0 Å². The molecule has 0 radical (unpaired) electrons. The van der Waals surface area contributed by atoms with Crippen molar-refractivity contribution in [3.05, 3.63) is 78.4 Å². The van der Waals surface area contributed by atoms with Crippen LogP contribution in [0.15, 0.2) is 72.8 Å². The maximum absolute atomic E-state index is 14.1. The molecule has 0 aliphatic heterocycles. The van der Waals surface area contributed by atoms with Crippen LogP contribution in [0.1, 0.15) is 39.3 Å². The van der Waals surface area contributed by atoms with E-state index < -0.39 is 11.6 Å². The van der Waals surface area contributed by atoms with Gasteiger partial charge in [-0.15, -0.1) is 5.10 Å². The highest BCUT2D eigenvalue weighted by Crippen LogP contribution is 2.32. The van der Waals surface area contributed by atoms with Gasteiger partial charge in [0.2, 0.25) is 11.8 Å². The molecular weight excluding hydrogens is 482 g/mol. The number of ether oxygens (including phenoxy) is 2. The summed E-state index contributed by atoms with van der Waals surface area (Å²) in [6, 6.07) is 20.8. The first-order chi connectivity index (χ1) is 18.2. The van der Waals surface area contributed by atoms with Crippen molar-refractivity contribution in [3.8, 4) is 11.5 Å². The van der Waals surface area contributed by atoms with Crippen molar-refractivity contribution in [1.29, 1.82) is 0 Å². The topological polar surface area (TPSA) is 98.6 Å². The summed E-state index contributed by atoms with van der Waals surface area (Å²) in [5, 5.41) is 11.4. The van der Waals surface area contributed by atoms with Crippen LogP contribution in [0.5, 0.6) is 11.5 Å². The third kappa shape index (κ3) is 6.11. The number of fused-ring (bicyclic) bond motifs is 1. The van der Waals surface area contributed by atoms with Crippen LogP contribution in [0.3, 0.4) is 0 Å². The standard InChI is InChI=1S/C29H33N5O4/c1-6-38-22-16-14-21(15-17-22)34(26(35)19-33-25-13-8-7-12-24(25)31-32-33)27(28(36)30-29(2,3)4)20-10-9-11-23(18-20)37-5/h7-18,27H,6,19H2,1-5H3,(H,30,36). The van der Waals surface area contributed by atoms with Gasteiger partial charge in [0.25, 0.3) is 0 Å². The fourth-order valence-corrected chi connectivity index (χ4v) is 4.21. The summed E-state index contributed by atoms with van der Waals surface area (Å²) in [4.78, 5) is 29.5. The van der Waals surface area contributed by atoms with E-state index in [0.717, 1.165) is 5.52 Å². The molecule has 1 aromatic heterocycles. The van der Waals surface area contributed by atoms with Gasteiger partial charge < -0.3 is 14.8 Å². The van der Waals surface area contributed by atoms with E-state index in [-0.39, 0.29) is 18.4 Å². The summed E-state index contributed by atoms with van der Waals surface area (Å²) < 4.78 is 12.6. The Bertz CT molecular complexity index is 1410. The molecule has 2 amide bonds. The monoisotopic (exact) mass is 515 g/mol. The van der Waals surface area contributed by atoms with Crippen molar-refractivity contribution in [1.82, 2.24) is 20.3 Å². The largest absolute Gasteiger partial charge is 0.497 e. The van der Waals surface area contributed by atoms with Crippen molar-refractivity contribution in [3.63, 3.8) is 0 Å². The number of amides is 2. The zero-order chi connectivity index (χ0) is 27.3. The quantitative estimate of drug-likeness (QED) is 0.352. The molecule has 198 valence electrons. The summed E-state index contributed by atoms with van der Waals surface area (Å²) >= 11 is 0. The number of anilines is 1. The molecule has 9 nitrogen and oxygen atoms in total. The summed E-state index contributed by atoms with van der Waals surface area (Å²) in [6.45, 7) is 8.01. The molecule has 0 aliphatic carbocycles. The third-order valence-corrected chi connectivity index (χ3v) is 5.81. The molecule has 4 aromatic rings. The first kappa shape index (κ1) is 26.7. The lowest BCUT2D eigenvalue weighted by molar-refractivity contribution is -0.128. The number of hydrogen-bond donors (Lipinski definition) is 1. The van der Waals surface area contributed by atoms with Gasteiger partial charge in [0.15, 0.2) is 0 Å². The van der Waals surface area contributed by atoms with Gasteiger partial charge >= 0.3 is 0 Å². The zero-order valence-electron chi connectivity index (χ0n) is 22.3. The van der Waals surface area contributed by atoms with Crippen LogP contribution in [0.25, 0.3) is 11.0 Å². The molecule has 0 saturated carbocycles. The fraction of sp³-hybridized carbons (Fsp3) is 0.310. The lowest BCUT2D eigenvalue weighted by Crippen LogP contribution is -2.50. The minimum absolute atomic E-state index is 0.114. The second-order valence-electron chi connectivity index (χ2n) is 9.84. The summed E-state index contributed by atoms with van der Waals surface area (Å²) in [5.41, 5.74) is 2.04. The van der Waals surface area contributed by atoms with E-state index in [9.17, 15) is 9.59 Å². The van der Waals surface area contributed by atoms with Gasteiger partial charge in [0.05, 0.1) is 19.2 Å². The predicted octanol–water partition coefficient (Wildman–Crippen LogP) is 4.53. The van der Waals surface area contributed by atoms with Gasteiger partial charge in [0.1, 0.15) is 29.6 Å². The Hall–Kier alpha value is -4.40. The van der Waals surface area contributed by atoms with Crippen molar-refractivity contribution >= 4 is 28.5 Å². The summed E-state index contributed by atoms with van der Waals surface area (Å²) in [7, 11) is 1.56. The lowest BCUT2D eigenvalue weighted by atomic mass is 10.0. The molecule has 38 heavy (non-hydrogen) atoms. The summed E-state index contributed by atoms with van der Waals surface area (Å²) in [6.07, 6.45) is 0. The van der Waals surface area contributed by atoms with Crippen LogP contribution >= 0.6 is 0 Å². The third-order valence-electron chi connectivity index (χ3n) is 5.81. The number of hydrogen-bond acceptors (Lipinski definition) is 6. The van der Waals surface area contributed by atoms with Gasteiger partial charge in [0, 0.05) is 11.2 Å². The molecule has 0 fully saturated rings. The molecule has 1 heterocycles. The van der Waals surface area contributed by atoms with E-state index in [4.69, 9.17) is 9.47 Å². The van der Waals surface area contributed by atoms with E-state index in [2.05, 4.69) is 15.6 Å². The molecule has 1 unspecified atom stereocenters. The highest BCUT2D eigenvalue weighted by molar-refractivity contribution is 6.01. The molecule has 0 spiro atoms. The Balaban J connectivity index is 1.83. The molecule has 3 aromatic carbocycles. The van der Waals surface area contributed by atoms with Crippen LogP contribution in [0.4, 0.5) is 5.69 Å². The second kappa shape index (κ2) is 11.3. The van der Waals surface area contributed by atoms with E-state index in [1.54, 1.807) is 54.3 Å². The maximum Gasteiger partial charge on any atom is 0.249 e. The minimum atomic E-state index is -0.982. The number of rotatable bonds is 9. The van der Waals surface area contributed by atoms with Crippen LogP contribution in [-0.4, -0.2) is 46.1 Å². The Morgan fingerprint density at radius 2 is 1.74 bits per heavy atom. The van der Waals surface area contributed by atoms with Gasteiger partial charge in [-0.25, -0.2) is 4.68 Å². The first-order valence-corrected chi connectivity index (χ1v) is 12.5. The molecule has 4 rings (SSSR count). The van der Waals surface area contributed by atoms with Crippen LogP contribution in [0.2, 0.25) is 0 Å². The SMILES string of the molecule is CCOc1ccc(N(C(=O)Cn2nnc3ccccc32)C(C(=O)NC(C)(C)C)c2cccc(OC)c2)cc1. The van der Waals surface area contributed by atoms with Gasteiger partial charge in [-0.05, 0) is 81.8 Å². The lowest BCUT2D eigenvalue weighted by Gasteiger charge is -2.34. The van der Waals surface area contributed by atoms with Crippen molar-refractivity contribution in [2.45, 2.75) is 45.8 Å². The molecule has 9 heteroatoms. The number of benzene rings is 3. The number of aromatic nitrogens is 3. The smallest absolute Gasteiger partial charge is 0.249 e. The van der Waals surface area contributed by atoms with Crippen molar-refractivity contribution < 1.29 is 19.1 Å². The first-order valence-electron chi connectivity index (χ1n) is 12.5. The Morgan fingerprint density at radius 1 is 1.00 bits per heavy atom. The second-order valence-corrected chi connectivity index (χ2v) is 9.84. The van der Waals surface area contributed by atoms with E-state index in [1.165, 1.54) is 4.90 Å². The Kier molecular flexibility index (Phi) is 7.95. The zero-order valence-corrected chi connectivity index (χ0v) is 22.3. The Morgan fingerprint density at radius 3 is 2.42 bits per heavy atom. The number of nitrogens with zero attached hydrogens (tertiary/aromatic N) is 4. The van der Waals surface area contributed by atoms with E-state index >= 15 is 0 Å². The van der Waals surface area contributed by atoms with Crippen LogP contribution in [-0.2, 0) is 16.1 Å². The van der Waals surface area contributed by atoms with Gasteiger partial charge in [-0.2, -0.15) is 0 Å². The normalized spacial score (nSPS) is 12.1. The van der Waals surface area contributed by atoms with Crippen LogP contribution < -0.4 is 19.7 Å². The number of carbonyl (C=O) groups is 2. The summed E-state index contributed by atoms with van der Waals surface area (Å²) in [5.74, 6) is 0.596. The van der Waals surface area contributed by atoms with Crippen molar-refractivity contribution in [2.24, 2.45) is 0 Å². The minimum Gasteiger partial charge on any atom is -0.497 e. The van der Waals surface area contributed by atoms with Gasteiger partial charge in [-0.3, -0.25) is 14.5 Å². The van der Waals surface area contributed by atoms with Crippen molar-refractivity contribution in [2.75, 3.05) is 18.6 Å². The molecule has 1 atom stereocenters. The average molecular weight is 516 g/mol. The molecule has 0 aliphatic rings. The highest BCUT2D eigenvalue weighted by Gasteiger charge is 2.35. The average Bonchev–Trinajstić information content (AvgIpc) is 3.29. The number of methoxy groups -OCH3 is 1. The number of para-hydroxylation sites is 1. The molecule has 0 bridgehead atoms. The Labute approximate surface area is 222 Å². The predicted molar refractivity (Wildman–Crippen MR) is 146 cm³/mol. The fourth-order valence-electron chi connectivity index (χ4n) is 4.21.